The summed E-state index contributed by atoms with van der Waals surface area (Å²) in [6.07, 6.45) is 1.74. The number of thiazole rings is 1. The molecule has 4 rings (SSSR count). The molecule has 132 valence electrons. The van der Waals surface area contributed by atoms with Crippen LogP contribution in [0.15, 0.2) is 60.0 Å². The van der Waals surface area contributed by atoms with Crippen LogP contribution in [0, 0.1) is 5.82 Å². The standard InChI is InChI=1S/C20H18FN3OS/c21-16-9-4-8-15(12-16)18-10-5-11-24(18)20(25)23-19-22-17(13-26-19)14-6-2-1-3-7-14/h1-4,6-9,12-13,18H,5,10-11H2,(H,22,23,25). The number of likely N-dealkylation sites (tertiary alicyclic amines) is 1. The van der Waals surface area contributed by atoms with Crippen LogP contribution >= 0.6 is 11.3 Å². The molecule has 1 aromatic heterocycles. The number of benzene rings is 2. The zero-order valence-corrected chi connectivity index (χ0v) is 14.9. The average Bonchev–Trinajstić information content (AvgIpc) is 3.32. The SMILES string of the molecule is O=C(Nc1nc(-c2ccccc2)cs1)N1CCCC1c1cccc(F)c1. The average molecular weight is 367 g/mol. The van der Waals surface area contributed by atoms with Gasteiger partial charge in [-0.3, -0.25) is 5.32 Å². The molecule has 0 saturated carbocycles. The lowest BCUT2D eigenvalue weighted by Crippen LogP contribution is -2.34. The van der Waals surface area contributed by atoms with Gasteiger partial charge >= 0.3 is 6.03 Å². The fourth-order valence-corrected chi connectivity index (χ4v) is 4.02. The highest BCUT2D eigenvalue weighted by Gasteiger charge is 2.30. The van der Waals surface area contributed by atoms with Crippen LogP contribution in [0.1, 0.15) is 24.4 Å². The molecule has 2 aromatic carbocycles. The minimum absolute atomic E-state index is 0.0979. The number of anilines is 1. The van der Waals surface area contributed by atoms with E-state index in [2.05, 4.69) is 10.3 Å². The highest BCUT2D eigenvalue weighted by Crippen LogP contribution is 2.33. The topological polar surface area (TPSA) is 45.2 Å². The quantitative estimate of drug-likeness (QED) is 0.681. The maximum Gasteiger partial charge on any atom is 0.324 e. The molecular weight excluding hydrogens is 349 g/mol. The molecule has 0 spiro atoms. The number of rotatable bonds is 3. The van der Waals surface area contributed by atoms with Crippen molar-refractivity contribution in [3.8, 4) is 11.3 Å². The third-order valence-electron chi connectivity index (χ3n) is 4.53. The fourth-order valence-electron chi connectivity index (χ4n) is 3.31. The van der Waals surface area contributed by atoms with Gasteiger partial charge in [-0.15, -0.1) is 11.3 Å². The maximum atomic E-state index is 13.5. The zero-order valence-electron chi connectivity index (χ0n) is 14.1. The van der Waals surface area contributed by atoms with Crippen LogP contribution in [0.3, 0.4) is 0 Å². The first kappa shape index (κ1) is 16.7. The number of urea groups is 1. The molecule has 2 amide bonds. The van der Waals surface area contributed by atoms with E-state index in [1.54, 1.807) is 11.0 Å². The molecule has 1 saturated heterocycles. The summed E-state index contributed by atoms with van der Waals surface area (Å²) in [7, 11) is 0. The third kappa shape index (κ3) is 3.46. The summed E-state index contributed by atoms with van der Waals surface area (Å²) < 4.78 is 13.5. The van der Waals surface area contributed by atoms with Gasteiger partial charge in [-0.05, 0) is 30.5 Å². The zero-order chi connectivity index (χ0) is 17.9. The van der Waals surface area contributed by atoms with Crippen LogP contribution in [0.4, 0.5) is 14.3 Å². The smallest absolute Gasteiger partial charge is 0.317 e. The van der Waals surface area contributed by atoms with Crippen molar-refractivity contribution in [1.29, 1.82) is 0 Å². The second-order valence-electron chi connectivity index (χ2n) is 6.24. The summed E-state index contributed by atoms with van der Waals surface area (Å²) in [6, 6.07) is 16.0. The maximum absolute atomic E-state index is 13.5. The van der Waals surface area contributed by atoms with E-state index in [4.69, 9.17) is 0 Å². The Morgan fingerprint density at radius 1 is 1.19 bits per heavy atom. The van der Waals surface area contributed by atoms with E-state index >= 15 is 0 Å². The molecular formula is C20H18FN3OS. The Hall–Kier alpha value is -2.73. The van der Waals surface area contributed by atoms with Crippen molar-refractivity contribution >= 4 is 22.5 Å². The van der Waals surface area contributed by atoms with E-state index in [9.17, 15) is 9.18 Å². The first-order valence-corrected chi connectivity index (χ1v) is 9.43. The summed E-state index contributed by atoms with van der Waals surface area (Å²) in [6.45, 7) is 0.657. The molecule has 2 heterocycles. The summed E-state index contributed by atoms with van der Waals surface area (Å²) in [4.78, 5) is 19.0. The lowest BCUT2D eigenvalue weighted by atomic mass is 10.0. The number of carbonyl (C=O) groups is 1. The van der Waals surface area contributed by atoms with Gasteiger partial charge in [0.2, 0.25) is 0 Å². The number of nitrogens with one attached hydrogen (secondary N) is 1. The Morgan fingerprint density at radius 2 is 2.04 bits per heavy atom. The second-order valence-corrected chi connectivity index (χ2v) is 7.10. The van der Waals surface area contributed by atoms with Gasteiger partial charge in [-0.1, -0.05) is 42.5 Å². The molecule has 0 radical (unpaired) electrons. The Bertz CT molecular complexity index is 912. The van der Waals surface area contributed by atoms with Crippen molar-refractivity contribution in [2.75, 3.05) is 11.9 Å². The van der Waals surface area contributed by atoms with Gasteiger partial charge in [0.1, 0.15) is 5.82 Å². The van der Waals surface area contributed by atoms with Crippen LogP contribution in [0.5, 0.6) is 0 Å². The van der Waals surface area contributed by atoms with Crippen molar-refractivity contribution in [1.82, 2.24) is 9.88 Å². The molecule has 1 fully saturated rings. The van der Waals surface area contributed by atoms with Gasteiger partial charge in [0.05, 0.1) is 11.7 Å². The fraction of sp³-hybridized carbons (Fsp3) is 0.200. The van der Waals surface area contributed by atoms with E-state index < -0.39 is 0 Å². The number of amides is 2. The largest absolute Gasteiger partial charge is 0.324 e. The molecule has 1 N–H and O–H groups in total. The van der Waals surface area contributed by atoms with Crippen molar-refractivity contribution in [3.63, 3.8) is 0 Å². The van der Waals surface area contributed by atoms with Crippen molar-refractivity contribution in [3.05, 3.63) is 71.4 Å². The molecule has 0 aliphatic carbocycles. The van der Waals surface area contributed by atoms with Gasteiger partial charge in [0, 0.05) is 17.5 Å². The highest BCUT2D eigenvalue weighted by atomic mass is 32.1. The van der Waals surface area contributed by atoms with Gasteiger partial charge < -0.3 is 4.90 Å². The van der Waals surface area contributed by atoms with Gasteiger partial charge in [0.25, 0.3) is 0 Å². The van der Waals surface area contributed by atoms with E-state index in [-0.39, 0.29) is 17.9 Å². The van der Waals surface area contributed by atoms with Gasteiger partial charge in [-0.2, -0.15) is 0 Å². The summed E-state index contributed by atoms with van der Waals surface area (Å²) in [5, 5.41) is 5.39. The predicted molar refractivity (Wildman–Crippen MR) is 102 cm³/mol. The summed E-state index contributed by atoms with van der Waals surface area (Å²) in [5.74, 6) is -0.276. The Balaban J connectivity index is 1.48. The second kappa shape index (κ2) is 7.25. The normalized spacial score (nSPS) is 16.7. The van der Waals surface area contributed by atoms with Crippen LogP contribution in [-0.2, 0) is 0 Å². The van der Waals surface area contributed by atoms with Crippen LogP contribution in [0.25, 0.3) is 11.3 Å². The van der Waals surface area contributed by atoms with E-state index in [1.807, 2.05) is 41.8 Å². The number of aromatic nitrogens is 1. The monoisotopic (exact) mass is 367 g/mol. The predicted octanol–water partition coefficient (Wildman–Crippen LogP) is 5.32. The molecule has 1 aliphatic heterocycles. The Labute approximate surface area is 155 Å². The molecule has 3 aromatic rings. The van der Waals surface area contributed by atoms with Crippen LogP contribution in [0.2, 0.25) is 0 Å². The first-order chi connectivity index (χ1) is 12.7. The number of carbonyl (C=O) groups excluding carboxylic acids is 1. The third-order valence-corrected chi connectivity index (χ3v) is 5.29. The lowest BCUT2D eigenvalue weighted by Gasteiger charge is -2.24. The first-order valence-electron chi connectivity index (χ1n) is 8.55. The summed E-state index contributed by atoms with van der Waals surface area (Å²) >= 11 is 1.40. The molecule has 1 atom stereocenters. The molecule has 0 bridgehead atoms. The summed E-state index contributed by atoms with van der Waals surface area (Å²) in [5.41, 5.74) is 2.69. The Kier molecular flexibility index (Phi) is 4.67. The number of halogens is 1. The molecule has 1 aliphatic rings. The van der Waals surface area contributed by atoms with E-state index in [0.717, 1.165) is 29.7 Å². The number of hydrogen-bond acceptors (Lipinski definition) is 3. The number of nitrogens with zero attached hydrogens (tertiary/aromatic N) is 2. The minimum Gasteiger partial charge on any atom is -0.317 e. The van der Waals surface area contributed by atoms with Gasteiger partial charge in [-0.25, -0.2) is 14.2 Å². The highest BCUT2D eigenvalue weighted by molar-refractivity contribution is 7.14. The Morgan fingerprint density at radius 3 is 2.85 bits per heavy atom. The van der Waals surface area contributed by atoms with E-state index in [0.29, 0.717) is 11.7 Å². The van der Waals surface area contributed by atoms with E-state index in [1.165, 1.54) is 23.5 Å². The molecule has 1 unspecified atom stereocenters. The van der Waals surface area contributed by atoms with Crippen molar-refractivity contribution < 1.29 is 9.18 Å². The van der Waals surface area contributed by atoms with Crippen molar-refractivity contribution in [2.45, 2.75) is 18.9 Å². The van der Waals surface area contributed by atoms with Crippen molar-refractivity contribution in [2.24, 2.45) is 0 Å². The van der Waals surface area contributed by atoms with Crippen LogP contribution in [-0.4, -0.2) is 22.5 Å². The lowest BCUT2D eigenvalue weighted by molar-refractivity contribution is 0.207. The number of hydrogen-bond donors (Lipinski definition) is 1. The van der Waals surface area contributed by atoms with Crippen LogP contribution < -0.4 is 5.32 Å². The minimum atomic E-state index is -0.276. The molecule has 4 nitrogen and oxygen atoms in total. The molecule has 26 heavy (non-hydrogen) atoms. The molecule has 6 heteroatoms. The van der Waals surface area contributed by atoms with Gasteiger partial charge in [0.15, 0.2) is 5.13 Å².